The molecule has 0 N–H and O–H groups in total. The van der Waals surface area contributed by atoms with Crippen LogP contribution in [0.4, 0.5) is 0 Å². The summed E-state index contributed by atoms with van der Waals surface area (Å²) in [5.74, 6) is 1.21. The van der Waals surface area contributed by atoms with E-state index in [2.05, 4.69) is 0 Å². The van der Waals surface area contributed by atoms with Crippen molar-refractivity contribution in [2.75, 3.05) is 0 Å². The van der Waals surface area contributed by atoms with Crippen molar-refractivity contribution in [1.29, 1.82) is 0 Å². The molecule has 0 aliphatic carbocycles. The van der Waals surface area contributed by atoms with Gasteiger partial charge >= 0.3 is 0 Å². The van der Waals surface area contributed by atoms with E-state index in [1.165, 1.54) is 18.2 Å². The fourth-order valence-electron chi connectivity index (χ4n) is 3.27. The Kier molecular flexibility index (Phi) is 2.07. The Balaban J connectivity index is 2.12. The van der Waals surface area contributed by atoms with Crippen molar-refractivity contribution in [3.63, 3.8) is 0 Å². The monoisotopic (exact) mass is 304 g/mol. The molecule has 1 heterocycles. The van der Waals surface area contributed by atoms with Crippen LogP contribution in [0, 0.1) is 20.6 Å². The number of aryl methyl sites for hydroxylation is 3. The maximum atomic E-state index is 8.06. The standard InChI is InChI=1S/C21H19BO/c1-14-11-12-20-18(13-14)22(17-9-4-5-10-19(17)23-20)21-15(2)7-6-8-16(21)3/h4-13H,1-3H3/i2D3,3D3. The molecule has 0 saturated heterocycles. The molecule has 3 aromatic rings. The molecule has 0 amide bonds. The molecule has 0 bridgehead atoms. The number of para-hydroxylation sites is 1. The first-order chi connectivity index (χ1) is 13.6. The SMILES string of the molecule is [2H]C([2H])([2H])c1cccc(C([2H])([2H])[2H])c1B1c2ccccc2Oc2ccc(C)cc21. The average Bonchev–Trinajstić information content (AvgIpc) is 2.64. The number of hydrogen-bond acceptors (Lipinski definition) is 1. The van der Waals surface area contributed by atoms with Gasteiger partial charge in [-0.1, -0.05) is 70.7 Å². The van der Waals surface area contributed by atoms with Crippen LogP contribution < -0.4 is 21.1 Å². The van der Waals surface area contributed by atoms with Gasteiger partial charge in [0.05, 0.1) is 0 Å². The van der Waals surface area contributed by atoms with Crippen LogP contribution in [0.25, 0.3) is 0 Å². The first-order valence-corrected chi connectivity index (χ1v) is 7.58. The molecule has 112 valence electrons. The molecule has 0 unspecified atom stereocenters. The third-order valence-corrected chi connectivity index (χ3v) is 4.32. The van der Waals surface area contributed by atoms with Gasteiger partial charge in [-0.05, 0) is 43.7 Å². The summed E-state index contributed by atoms with van der Waals surface area (Å²) in [6.45, 7) is -3.51. The first-order valence-electron chi connectivity index (χ1n) is 10.6. The van der Waals surface area contributed by atoms with Crippen molar-refractivity contribution >= 4 is 23.1 Å². The minimum absolute atomic E-state index is 0.0558. The van der Waals surface area contributed by atoms with Gasteiger partial charge < -0.3 is 4.74 Å². The fourth-order valence-corrected chi connectivity index (χ4v) is 3.27. The highest BCUT2D eigenvalue weighted by atomic mass is 16.5. The minimum Gasteiger partial charge on any atom is -0.458 e. The number of fused-ring (bicyclic) bond motifs is 2. The highest BCUT2D eigenvalue weighted by Crippen LogP contribution is 2.25. The maximum absolute atomic E-state index is 8.06. The zero-order valence-electron chi connectivity index (χ0n) is 18.8. The van der Waals surface area contributed by atoms with Crippen molar-refractivity contribution < 1.29 is 13.0 Å². The van der Waals surface area contributed by atoms with Gasteiger partial charge in [0.2, 0.25) is 0 Å². The molecule has 23 heavy (non-hydrogen) atoms. The molecule has 0 spiro atoms. The van der Waals surface area contributed by atoms with E-state index in [9.17, 15) is 0 Å². The van der Waals surface area contributed by atoms with E-state index in [0.717, 1.165) is 16.5 Å². The third-order valence-electron chi connectivity index (χ3n) is 4.32. The average molecular weight is 304 g/mol. The molecule has 2 heteroatoms. The van der Waals surface area contributed by atoms with Gasteiger partial charge in [0, 0.05) is 8.22 Å². The van der Waals surface area contributed by atoms with Crippen LogP contribution in [-0.4, -0.2) is 6.71 Å². The van der Waals surface area contributed by atoms with E-state index in [0.29, 0.717) is 17.0 Å². The van der Waals surface area contributed by atoms with E-state index in [-0.39, 0.29) is 11.1 Å². The second kappa shape index (κ2) is 5.31. The Morgan fingerprint density at radius 1 is 0.826 bits per heavy atom. The minimum atomic E-state index is -2.45. The van der Waals surface area contributed by atoms with Gasteiger partial charge in [0.25, 0.3) is 6.71 Å². The molecule has 1 aliphatic rings. The second-order valence-electron chi connectivity index (χ2n) is 5.88. The summed E-state index contributed by atoms with van der Waals surface area (Å²) in [5.41, 5.74) is 2.94. The van der Waals surface area contributed by atoms with E-state index >= 15 is 0 Å². The van der Waals surface area contributed by atoms with Crippen molar-refractivity contribution in [3.8, 4) is 11.5 Å². The van der Waals surface area contributed by atoms with Crippen molar-refractivity contribution in [2.24, 2.45) is 0 Å². The number of rotatable bonds is 1. The van der Waals surface area contributed by atoms with Gasteiger partial charge in [0.15, 0.2) is 0 Å². The molecule has 3 aromatic carbocycles. The van der Waals surface area contributed by atoms with Crippen LogP contribution >= 0.6 is 0 Å². The van der Waals surface area contributed by atoms with E-state index in [4.69, 9.17) is 13.0 Å². The number of ether oxygens (including phenoxy) is 1. The predicted molar refractivity (Wildman–Crippen MR) is 98.3 cm³/mol. The Morgan fingerprint density at radius 3 is 2.35 bits per heavy atom. The Labute approximate surface area is 146 Å². The van der Waals surface area contributed by atoms with Crippen LogP contribution in [0.15, 0.2) is 60.7 Å². The van der Waals surface area contributed by atoms with Crippen LogP contribution in [0.3, 0.4) is 0 Å². The third kappa shape index (κ3) is 2.26. The number of benzene rings is 3. The number of hydrogen-bond donors (Lipinski definition) is 0. The second-order valence-corrected chi connectivity index (χ2v) is 5.88. The summed E-state index contributed by atoms with van der Waals surface area (Å²) in [4.78, 5) is 0. The van der Waals surface area contributed by atoms with Crippen LogP contribution in [-0.2, 0) is 0 Å². The molecule has 0 saturated carbocycles. The molecule has 0 fully saturated rings. The lowest BCUT2D eigenvalue weighted by Crippen LogP contribution is -2.56. The summed E-state index contributed by atoms with van der Waals surface area (Å²) in [6.07, 6.45) is 0. The quantitative estimate of drug-likeness (QED) is 0.491. The Bertz CT molecular complexity index is 1060. The fraction of sp³-hybridized carbons (Fsp3) is 0.143. The molecule has 0 radical (unpaired) electrons. The molecule has 4 rings (SSSR count). The van der Waals surface area contributed by atoms with Crippen molar-refractivity contribution in [1.82, 2.24) is 0 Å². The largest absolute Gasteiger partial charge is 0.458 e. The molecular formula is C21H19BO. The van der Waals surface area contributed by atoms with Crippen LogP contribution in [0.2, 0.25) is 0 Å². The molecule has 1 aliphatic heterocycles. The van der Waals surface area contributed by atoms with Gasteiger partial charge in [-0.15, -0.1) is 0 Å². The van der Waals surface area contributed by atoms with Gasteiger partial charge in [-0.3, -0.25) is 0 Å². The lowest BCUT2D eigenvalue weighted by molar-refractivity contribution is 0.487. The zero-order valence-corrected chi connectivity index (χ0v) is 12.8. The zero-order chi connectivity index (χ0) is 21.0. The maximum Gasteiger partial charge on any atom is 0.251 e. The summed E-state index contributed by atoms with van der Waals surface area (Å²) in [5, 5.41) is 0. The lowest BCUT2D eigenvalue weighted by Gasteiger charge is -2.28. The Morgan fingerprint density at radius 2 is 1.57 bits per heavy atom. The normalized spacial score (nSPS) is 17.3. The molecular weight excluding hydrogens is 279 g/mol. The predicted octanol–water partition coefficient (Wildman–Crippen LogP) is 3.23. The van der Waals surface area contributed by atoms with Crippen molar-refractivity contribution in [2.45, 2.75) is 20.6 Å². The topological polar surface area (TPSA) is 9.23 Å². The van der Waals surface area contributed by atoms with Gasteiger partial charge in [-0.2, -0.15) is 0 Å². The van der Waals surface area contributed by atoms with Crippen LogP contribution in [0.1, 0.15) is 24.9 Å². The van der Waals surface area contributed by atoms with Crippen molar-refractivity contribution in [3.05, 3.63) is 77.4 Å². The highest BCUT2D eigenvalue weighted by Gasteiger charge is 2.33. The first kappa shape index (κ1) is 8.98. The molecule has 0 atom stereocenters. The summed E-state index contributed by atoms with van der Waals surface area (Å²) < 4.78 is 54.4. The Hall–Kier alpha value is -2.48. The summed E-state index contributed by atoms with van der Waals surface area (Å²) in [7, 11) is 0. The molecule has 1 nitrogen and oxygen atoms in total. The summed E-state index contributed by atoms with van der Waals surface area (Å²) in [6, 6.07) is 17.6. The van der Waals surface area contributed by atoms with Crippen LogP contribution in [0.5, 0.6) is 11.5 Å². The lowest BCUT2D eigenvalue weighted by atomic mass is 9.34. The molecule has 0 aromatic heterocycles. The van der Waals surface area contributed by atoms with E-state index in [1.54, 1.807) is 0 Å². The van der Waals surface area contributed by atoms with Gasteiger partial charge in [0.1, 0.15) is 11.5 Å². The van der Waals surface area contributed by atoms with E-state index in [1.807, 2.05) is 49.4 Å². The van der Waals surface area contributed by atoms with E-state index < -0.39 is 20.4 Å². The van der Waals surface area contributed by atoms with Gasteiger partial charge in [-0.25, -0.2) is 0 Å². The summed E-state index contributed by atoms with van der Waals surface area (Å²) >= 11 is 0. The highest BCUT2D eigenvalue weighted by molar-refractivity contribution is 6.97. The smallest absolute Gasteiger partial charge is 0.251 e.